The van der Waals surface area contributed by atoms with E-state index in [-0.39, 0.29) is 11.3 Å². The average Bonchev–Trinajstić information content (AvgIpc) is 2.60. The Balaban J connectivity index is 1.90. The van der Waals surface area contributed by atoms with Crippen molar-refractivity contribution < 1.29 is 39.1 Å². The minimum atomic E-state index is -1.80. The molecule has 0 bridgehead atoms. The van der Waals surface area contributed by atoms with Gasteiger partial charge < -0.3 is 34.3 Å². The van der Waals surface area contributed by atoms with Gasteiger partial charge >= 0.3 is 11.6 Å². The van der Waals surface area contributed by atoms with Crippen LogP contribution in [0.5, 0.6) is 5.75 Å². The van der Waals surface area contributed by atoms with E-state index in [0.717, 1.165) is 5.56 Å². The van der Waals surface area contributed by atoms with Crippen molar-refractivity contribution in [2.75, 3.05) is 0 Å². The van der Waals surface area contributed by atoms with Gasteiger partial charge in [0.1, 0.15) is 29.6 Å². The first-order valence-corrected chi connectivity index (χ1v) is 7.97. The molecule has 2 heterocycles. The fourth-order valence-corrected chi connectivity index (χ4v) is 2.86. The first kappa shape index (κ1) is 18.3. The Hall–Kier alpha value is -2.46. The van der Waals surface area contributed by atoms with Gasteiger partial charge in [0, 0.05) is 17.5 Å². The molecule has 1 aromatic carbocycles. The van der Waals surface area contributed by atoms with Crippen molar-refractivity contribution in [2.45, 2.75) is 44.1 Å². The lowest BCUT2D eigenvalue weighted by Crippen LogP contribution is -2.61. The van der Waals surface area contributed by atoms with Gasteiger partial charge in [-0.3, -0.25) is 0 Å². The van der Waals surface area contributed by atoms with E-state index in [4.69, 9.17) is 19.0 Å². The van der Waals surface area contributed by atoms with E-state index in [1.807, 2.05) is 6.92 Å². The van der Waals surface area contributed by atoms with Crippen LogP contribution in [0.3, 0.4) is 0 Å². The van der Waals surface area contributed by atoms with Crippen LogP contribution in [0, 0.1) is 0 Å². The highest BCUT2D eigenvalue weighted by Gasteiger charge is 2.48. The predicted octanol–water partition coefficient (Wildman–Crippen LogP) is -0.374. The zero-order valence-electron chi connectivity index (χ0n) is 13.7. The number of rotatable bonds is 4. The number of hydrogen-bond acceptors (Lipinski definition) is 8. The van der Waals surface area contributed by atoms with Crippen molar-refractivity contribution in [1.82, 2.24) is 0 Å². The molecule has 0 amide bonds. The van der Waals surface area contributed by atoms with Gasteiger partial charge in [-0.1, -0.05) is 6.92 Å². The Morgan fingerprint density at radius 3 is 2.54 bits per heavy atom. The molecular formula is C17H18O9. The standard InChI is InChI=1S/C17H18O9/c1-2-7-5-11(18)25-10-6-8(3-4-9(7)10)24-17-14(21)12(19)13(20)15(26-17)16(22)23/h3-6,12-15,17,19-21H,2H2,1H3,(H,22,23)/t12-,13-,14+,15-,17+/m0/s1. The Kier molecular flexibility index (Phi) is 4.97. The summed E-state index contributed by atoms with van der Waals surface area (Å²) in [5, 5.41) is 39.2. The van der Waals surface area contributed by atoms with Crippen molar-refractivity contribution in [3.05, 3.63) is 40.2 Å². The van der Waals surface area contributed by atoms with E-state index in [2.05, 4.69) is 0 Å². The van der Waals surface area contributed by atoms with Crippen molar-refractivity contribution in [3.63, 3.8) is 0 Å². The van der Waals surface area contributed by atoms with Crippen molar-refractivity contribution in [2.24, 2.45) is 0 Å². The van der Waals surface area contributed by atoms with Gasteiger partial charge in [-0.05, 0) is 24.1 Å². The van der Waals surface area contributed by atoms with Crippen molar-refractivity contribution in [3.8, 4) is 5.75 Å². The van der Waals surface area contributed by atoms with Crippen LogP contribution < -0.4 is 10.4 Å². The molecular weight excluding hydrogens is 348 g/mol. The molecule has 0 saturated carbocycles. The first-order valence-electron chi connectivity index (χ1n) is 7.97. The van der Waals surface area contributed by atoms with Crippen LogP contribution >= 0.6 is 0 Å². The van der Waals surface area contributed by atoms with Crippen LogP contribution in [-0.2, 0) is 16.0 Å². The molecule has 0 radical (unpaired) electrons. The summed E-state index contributed by atoms with van der Waals surface area (Å²) in [7, 11) is 0. The molecule has 0 spiro atoms. The summed E-state index contributed by atoms with van der Waals surface area (Å²) >= 11 is 0. The number of fused-ring (bicyclic) bond motifs is 1. The highest BCUT2D eigenvalue weighted by atomic mass is 16.7. The van der Waals surface area contributed by atoms with Crippen LogP contribution in [-0.4, -0.2) is 57.1 Å². The zero-order chi connectivity index (χ0) is 19.0. The fraction of sp³-hybridized carbons (Fsp3) is 0.412. The van der Waals surface area contributed by atoms with Crippen LogP contribution in [0.2, 0.25) is 0 Å². The van der Waals surface area contributed by atoms with Gasteiger partial charge in [0.2, 0.25) is 6.29 Å². The van der Waals surface area contributed by atoms with Gasteiger partial charge in [-0.2, -0.15) is 0 Å². The lowest BCUT2D eigenvalue weighted by Gasteiger charge is -2.38. The third-order valence-electron chi connectivity index (χ3n) is 4.25. The molecule has 1 fully saturated rings. The van der Waals surface area contributed by atoms with E-state index in [9.17, 15) is 24.9 Å². The molecule has 140 valence electrons. The monoisotopic (exact) mass is 366 g/mol. The maximum Gasteiger partial charge on any atom is 0.336 e. The summed E-state index contributed by atoms with van der Waals surface area (Å²) in [6.45, 7) is 1.89. The summed E-state index contributed by atoms with van der Waals surface area (Å²) in [4.78, 5) is 22.7. The second-order valence-corrected chi connectivity index (χ2v) is 5.96. The SMILES string of the molecule is CCc1cc(=O)oc2cc(O[C@@H]3O[C@H](C(=O)O)[C@@H](O)[C@H](O)[C@H]3O)ccc12. The molecule has 0 unspecified atom stereocenters. The number of aliphatic carboxylic acids is 1. The molecule has 4 N–H and O–H groups in total. The number of aryl methyl sites for hydroxylation is 1. The molecule has 26 heavy (non-hydrogen) atoms. The van der Waals surface area contributed by atoms with Gasteiger partial charge in [-0.25, -0.2) is 9.59 Å². The molecule has 1 saturated heterocycles. The van der Waals surface area contributed by atoms with E-state index in [0.29, 0.717) is 11.8 Å². The molecule has 2 aromatic rings. The van der Waals surface area contributed by atoms with Crippen molar-refractivity contribution >= 4 is 16.9 Å². The molecule has 0 aliphatic carbocycles. The van der Waals surface area contributed by atoms with Crippen molar-refractivity contribution in [1.29, 1.82) is 0 Å². The normalized spacial score (nSPS) is 28.8. The van der Waals surface area contributed by atoms with E-state index >= 15 is 0 Å². The Morgan fingerprint density at radius 1 is 1.15 bits per heavy atom. The summed E-state index contributed by atoms with van der Waals surface area (Å²) < 4.78 is 15.6. The van der Waals surface area contributed by atoms with E-state index in [1.165, 1.54) is 18.2 Å². The molecule has 1 aliphatic rings. The summed E-state index contributed by atoms with van der Waals surface area (Å²) in [5.41, 5.74) is 0.527. The van der Waals surface area contributed by atoms with Gasteiger partial charge in [0.15, 0.2) is 6.10 Å². The Bertz CT molecular complexity index is 874. The second kappa shape index (κ2) is 7.04. The number of carboxylic acid groups (broad SMARTS) is 1. The summed E-state index contributed by atoms with van der Waals surface area (Å²) in [5.74, 6) is -1.38. The Labute approximate surface area is 147 Å². The van der Waals surface area contributed by atoms with Crippen LogP contribution in [0.4, 0.5) is 0 Å². The number of carboxylic acids is 1. The minimum absolute atomic E-state index is 0.130. The maximum atomic E-state index is 11.6. The molecule has 9 nitrogen and oxygen atoms in total. The quantitative estimate of drug-likeness (QED) is 0.532. The summed E-state index contributed by atoms with van der Waals surface area (Å²) in [6.07, 6.45) is -7.91. The molecule has 3 rings (SSSR count). The highest BCUT2D eigenvalue weighted by Crippen LogP contribution is 2.27. The number of aliphatic hydroxyl groups is 3. The summed E-state index contributed by atoms with van der Waals surface area (Å²) in [6, 6.07) is 5.98. The zero-order valence-corrected chi connectivity index (χ0v) is 13.7. The smallest absolute Gasteiger partial charge is 0.336 e. The van der Waals surface area contributed by atoms with Crippen LogP contribution in [0.1, 0.15) is 12.5 Å². The lowest BCUT2D eigenvalue weighted by atomic mass is 9.99. The number of carbonyl (C=O) groups is 1. The van der Waals surface area contributed by atoms with Gasteiger partial charge in [0.05, 0.1) is 0 Å². The minimum Gasteiger partial charge on any atom is -0.479 e. The number of ether oxygens (including phenoxy) is 2. The average molecular weight is 366 g/mol. The number of benzene rings is 1. The third-order valence-corrected chi connectivity index (χ3v) is 4.25. The lowest BCUT2D eigenvalue weighted by molar-refractivity contribution is -0.271. The van der Waals surface area contributed by atoms with Crippen LogP contribution in [0.15, 0.2) is 33.5 Å². The van der Waals surface area contributed by atoms with E-state index in [1.54, 1.807) is 6.07 Å². The maximum absolute atomic E-state index is 11.6. The van der Waals surface area contributed by atoms with Gasteiger partial charge in [0.25, 0.3) is 0 Å². The molecule has 1 aliphatic heterocycles. The van der Waals surface area contributed by atoms with Gasteiger partial charge in [-0.15, -0.1) is 0 Å². The number of hydrogen-bond donors (Lipinski definition) is 4. The number of aliphatic hydroxyl groups excluding tert-OH is 3. The topological polar surface area (TPSA) is 147 Å². The molecule has 9 heteroatoms. The first-order chi connectivity index (χ1) is 12.3. The third kappa shape index (κ3) is 3.29. The fourth-order valence-electron chi connectivity index (χ4n) is 2.86. The van der Waals surface area contributed by atoms with Crippen LogP contribution in [0.25, 0.3) is 11.0 Å². The predicted molar refractivity (Wildman–Crippen MR) is 86.8 cm³/mol. The molecule has 5 atom stereocenters. The highest BCUT2D eigenvalue weighted by molar-refractivity contribution is 5.81. The Morgan fingerprint density at radius 2 is 1.88 bits per heavy atom. The molecule has 1 aromatic heterocycles. The second-order valence-electron chi connectivity index (χ2n) is 5.96. The largest absolute Gasteiger partial charge is 0.479 e. The van der Waals surface area contributed by atoms with E-state index < -0.39 is 42.3 Å².